The van der Waals surface area contributed by atoms with E-state index in [1.54, 1.807) is 32.6 Å². The van der Waals surface area contributed by atoms with Crippen LogP contribution in [0.2, 0.25) is 0 Å². The van der Waals surface area contributed by atoms with Crippen LogP contribution in [-0.4, -0.2) is 40.4 Å². The summed E-state index contributed by atoms with van der Waals surface area (Å²) in [5.74, 6) is 1.69. The molecule has 0 radical (unpaired) electrons. The van der Waals surface area contributed by atoms with Crippen LogP contribution in [0.15, 0.2) is 41.4 Å². The van der Waals surface area contributed by atoms with E-state index in [0.29, 0.717) is 0 Å². The molecule has 7 heteroatoms. The van der Waals surface area contributed by atoms with Gasteiger partial charge < -0.3 is 20.1 Å². The molecule has 0 amide bonds. The van der Waals surface area contributed by atoms with Crippen molar-refractivity contribution in [1.82, 2.24) is 10.6 Å². The Morgan fingerprint density at radius 2 is 1.84 bits per heavy atom. The molecule has 2 aromatic rings. The van der Waals surface area contributed by atoms with Gasteiger partial charge in [0, 0.05) is 37.1 Å². The molecule has 0 atom stereocenters. The Bertz CT molecular complexity index is 644. The van der Waals surface area contributed by atoms with Gasteiger partial charge in [0.1, 0.15) is 5.75 Å². The number of nitrogens with one attached hydrogen (secondary N) is 2. The first-order chi connectivity index (χ1) is 11.8. The van der Waals surface area contributed by atoms with Crippen LogP contribution in [0, 0.1) is 0 Å². The van der Waals surface area contributed by atoms with E-state index in [1.807, 2.05) is 12.1 Å². The van der Waals surface area contributed by atoms with Crippen molar-refractivity contribution in [3.05, 3.63) is 41.3 Å². The number of hydrogen-bond acceptors (Lipinski definition) is 4. The lowest BCUT2D eigenvalue weighted by Gasteiger charge is -2.10. The zero-order chi connectivity index (χ0) is 17.2. The minimum atomic E-state index is 0. The van der Waals surface area contributed by atoms with Crippen LogP contribution in [0.3, 0.4) is 0 Å². The largest absolute Gasteiger partial charge is 0.497 e. The summed E-state index contributed by atoms with van der Waals surface area (Å²) in [7, 11) is 5.17. The molecule has 0 aliphatic carbocycles. The van der Waals surface area contributed by atoms with Gasteiger partial charge in [0.2, 0.25) is 0 Å². The lowest BCUT2D eigenvalue weighted by molar-refractivity contribution is 0.195. The molecule has 0 unspecified atom stereocenters. The molecule has 0 spiro atoms. The highest BCUT2D eigenvalue weighted by molar-refractivity contribution is 14.0. The minimum Gasteiger partial charge on any atom is -0.497 e. The Morgan fingerprint density at radius 3 is 2.48 bits per heavy atom. The van der Waals surface area contributed by atoms with Crippen LogP contribution in [-0.2, 0) is 11.3 Å². The van der Waals surface area contributed by atoms with E-state index >= 15 is 0 Å². The van der Waals surface area contributed by atoms with Crippen LogP contribution in [0.5, 0.6) is 5.75 Å². The zero-order valence-electron chi connectivity index (χ0n) is 14.9. The van der Waals surface area contributed by atoms with E-state index in [9.17, 15) is 0 Å². The molecule has 25 heavy (non-hydrogen) atoms. The van der Waals surface area contributed by atoms with Crippen molar-refractivity contribution >= 4 is 41.3 Å². The smallest absolute Gasteiger partial charge is 0.191 e. The Balaban J connectivity index is 0.00000312. The van der Waals surface area contributed by atoms with Crippen LogP contribution in [0.25, 0.3) is 10.4 Å². The van der Waals surface area contributed by atoms with Gasteiger partial charge in [0.15, 0.2) is 5.96 Å². The van der Waals surface area contributed by atoms with E-state index in [0.717, 1.165) is 37.8 Å². The summed E-state index contributed by atoms with van der Waals surface area (Å²) in [6.07, 6.45) is 0.956. The lowest BCUT2D eigenvalue weighted by Crippen LogP contribution is -2.37. The van der Waals surface area contributed by atoms with Crippen molar-refractivity contribution in [2.45, 2.75) is 13.0 Å². The molecule has 1 aromatic carbocycles. The molecule has 2 N–H and O–H groups in total. The predicted octanol–water partition coefficient (Wildman–Crippen LogP) is 3.74. The van der Waals surface area contributed by atoms with Crippen molar-refractivity contribution in [3.63, 3.8) is 0 Å². The van der Waals surface area contributed by atoms with Crippen molar-refractivity contribution in [1.29, 1.82) is 0 Å². The zero-order valence-corrected chi connectivity index (χ0v) is 18.0. The number of methoxy groups -OCH3 is 2. The van der Waals surface area contributed by atoms with Crippen molar-refractivity contribution in [2.24, 2.45) is 4.99 Å². The van der Waals surface area contributed by atoms with Crippen molar-refractivity contribution < 1.29 is 9.47 Å². The Kier molecular flexibility index (Phi) is 10.5. The predicted molar refractivity (Wildman–Crippen MR) is 116 cm³/mol. The fourth-order valence-electron chi connectivity index (χ4n) is 2.20. The quantitative estimate of drug-likeness (QED) is 0.264. The second kappa shape index (κ2) is 12.1. The number of rotatable bonds is 8. The monoisotopic (exact) mass is 475 g/mol. The molecule has 0 bridgehead atoms. The summed E-state index contributed by atoms with van der Waals surface area (Å²) in [5, 5.41) is 6.61. The fraction of sp³-hybridized carbons (Fsp3) is 0.389. The maximum atomic E-state index is 5.20. The number of hydrogen-bond donors (Lipinski definition) is 2. The first kappa shape index (κ1) is 21.7. The van der Waals surface area contributed by atoms with Gasteiger partial charge in [0.05, 0.1) is 13.7 Å². The van der Waals surface area contributed by atoms with E-state index in [2.05, 4.69) is 39.9 Å². The Hall–Kier alpha value is -1.32. The number of benzene rings is 1. The molecule has 0 fully saturated rings. The molecule has 138 valence electrons. The highest BCUT2D eigenvalue weighted by Crippen LogP contribution is 2.29. The van der Waals surface area contributed by atoms with Crippen molar-refractivity contribution in [3.8, 4) is 16.2 Å². The average molecular weight is 475 g/mol. The summed E-state index contributed by atoms with van der Waals surface area (Å²) < 4.78 is 10.2. The van der Waals surface area contributed by atoms with Gasteiger partial charge in [0.25, 0.3) is 0 Å². The molecular weight excluding hydrogens is 449 g/mol. The van der Waals surface area contributed by atoms with Gasteiger partial charge in [-0.3, -0.25) is 4.99 Å². The second-order valence-electron chi connectivity index (χ2n) is 5.19. The average Bonchev–Trinajstić information content (AvgIpc) is 3.10. The lowest BCUT2D eigenvalue weighted by atomic mass is 10.2. The standard InChI is InChI=1S/C18H25N3O2S.HI/c1-19-18(20-11-4-12-22-2)21-13-16-9-10-17(24-16)14-5-7-15(23-3)8-6-14;/h5-10H,4,11-13H2,1-3H3,(H2,19,20,21);1H. The number of thiophene rings is 1. The number of ether oxygens (including phenoxy) is 2. The molecule has 1 aromatic heterocycles. The summed E-state index contributed by atoms with van der Waals surface area (Å²) in [5.41, 5.74) is 1.20. The molecule has 0 saturated carbocycles. The molecule has 5 nitrogen and oxygen atoms in total. The number of halogens is 1. The minimum absolute atomic E-state index is 0. The van der Waals surface area contributed by atoms with Gasteiger partial charge in [-0.05, 0) is 48.4 Å². The van der Waals surface area contributed by atoms with E-state index in [4.69, 9.17) is 9.47 Å². The van der Waals surface area contributed by atoms with E-state index in [-0.39, 0.29) is 24.0 Å². The molecule has 0 aliphatic rings. The van der Waals surface area contributed by atoms with Crippen LogP contribution in [0.1, 0.15) is 11.3 Å². The molecule has 1 heterocycles. The van der Waals surface area contributed by atoms with Crippen molar-refractivity contribution in [2.75, 3.05) is 34.4 Å². The van der Waals surface area contributed by atoms with E-state index in [1.165, 1.54) is 15.3 Å². The number of guanidine groups is 1. The van der Waals surface area contributed by atoms with Crippen LogP contribution >= 0.6 is 35.3 Å². The molecular formula is C18H26IN3O2S. The summed E-state index contributed by atoms with van der Waals surface area (Å²) in [6, 6.07) is 12.4. The van der Waals surface area contributed by atoms with Gasteiger partial charge in [-0.2, -0.15) is 0 Å². The summed E-state index contributed by atoms with van der Waals surface area (Å²) in [4.78, 5) is 6.74. The third kappa shape index (κ3) is 7.21. The Morgan fingerprint density at radius 1 is 1.08 bits per heavy atom. The van der Waals surface area contributed by atoms with E-state index < -0.39 is 0 Å². The summed E-state index contributed by atoms with van der Waals surface area (Å²) in [6.45, 7) is 2.35. The van der Waals surface area contributed by atoms with Gasteiger partial charge in [-0.15, -0.1) is 35.3 Å². The third-order valence-corrected chi connectivity index (χ3v) is 4.64. The van der Waals surface area contributed by atoms with Gasteiger partial charge >= 0.3 is 0 Å². The normalized spacial score (nSPS) is 10.9. The SMILES string of the molecule is CN=C(NCCCOC)NCc1ccc(-c2ccc(OC)cc2)s1.I. The molecule has 2 rings (SSSR count). The maximum Gasteiger partial charge on any atom is 0.191 e. The molecule has 0 saturated heterocycles. The van der Waals surface area contributed by atoms with Crippen LogP contribution < -0.4 is 15.4 Å². The first-order valence-electron chi connectivity index (χ1n) is 7.93. The van der Waals surface area contributed by atoms with Gasteiger partial charge in [-0.25, -0.2) is 0 Å². The molecule has 0 aliphatic heterocycles. The Labute approximate surface area is 170 Å². The highest BCUT2D eigenvalue weighted by Gasteiger charge is 2.04. The topological polar surface area (TPSA) is 54.9 Å². The number of aliphatic imine (C=N–C) groups is 1. The summed E-state index contributed by atoms with van der Waals surface area (Å²) >= 11 is 1.78. The third-order valence-electron chi connectivity index (χ3n) is 3.51. The van der Waals surface area contributed by atoms with Crippen LogP contribution in [0.4, 0.5) is 0 Å². The number of nitrogens with zero attached hydrogens (tertiary/aromatic N) is 1. The second-order valence-corrected chi connectivity index (χ2v) is 6.36. The van der Waals surface area contributed by atoms with Gasteiger partial charge in [-0.1, -0.05) is 0 Å². The first-order valence-corrected chi connectivity index (χ1v) is 8.75. The highest BCUT2D eigenvalue weighted by atomic mass is 127. The maximum absolute atomic E-state index is 5.20. The fourth-order valence-corrected chi connectivity index (χ4v) is 3.15.